The molecule has 0 atom stereocenters. The highest BCUT2D eigenvalue weighted by Gasteiger charge is 2.01. The van der Waals surface area contributed by atoms with Crippen LogP contribution in [0, 0.1) is 0 Å². The average molecular weight is 180 g/mol. The van der Waals surface area contributed by atoms with Gasteiger partial charge in [-0.1, -0.05) is 13.2 Å². The van der Waals surface area contributed by atoms with Crippen molar-refractivity contribution in [3.63, 3.8) is 0 Å². The zero-order chi connectivity index (χ0) is 10.3. The lowest BCUT2D eigenvalue weighted by atomic mass is 10.3. The molecule has 0 radical (unpaired) electrons. The first-order chi connectivity index (χ1) is 6.13. The lowest BCUT2D eigenvalue weighted by Crippen LogP contribution is -2.19. The number of nitrogens with two attached hydrogens (primary N) is 2. The van der Waals surface area contributed by atoms with Gasteiger partial charge in [0.1, 0.15) is 0 Å². The Bertz CT molecular complexity index is 250. The molecule has 0 bridgehead atoms. The first kappa shape index (κ1) is 11.3. The molecule has 4 nitrogen and oxygen atoms in total. The summed E-state index contributed by atoms with van der Waals surface area (Å²) in [7, 11) is 0. The first-order valence-corrected chi connectivity index (χ1v) is 3.88. The molecule has 0 aliphatic rings. The van der Waals surface area contributed by atoms with Gasteiger partial charge in [-0.2, -0.15) is 0 Å². The Balaban J connectivity index is 4.64. The van der Waals surface area contributed by atoms with Gasteiger partial charge >= 0.3 is 0 Å². The molecular formula is C9H16N4. The summed E-state index contributed by atoms with van der Waals surface area (Å²) in [5.41, 5.74) is 12.6. The van der Waals surface area contributed by atoms with Gasteiger partial charge < -0.3 is 16.8 Å². The Kier molecular flexibility index (Phi) is 5.11. The van der Waals surface area contributed by atoms with Gasteiger partial charge in [-0.05, 0) is 19.3 Å². The molecule has 0 spiro atoms. The lowest BCUT2D eigenvalue weighted by Gasteiger charge is -2.08. The zero-order valence-corrected chi connectivity index (χ0v) is 7.88. The van der Waals surface area contributed by atoms with Crippen molar-refractivity contribution in [1.29, 1.82) is 0 Å². The molecule has 0 aliphatic heterocycles. The Hall–Kier alpha value is -1.71. The molecule has 0 fully saturated rings. The summed E-state index contributed by atoms with van der Waals surface area (Å²) in [6.07, 6.45) is 3.22. The standard InChI is InChI=1S/C9H16N4/c1-4-12-6-8(13-5-2)9(11)7(3)10/h4-5,13H,2-3,6,10-11H2,1H3/b9-8-,12-4?. The second-order valence-corrected chi connectivity index (χ2v) is 2.36. The molecule has 0 saturated heterocycles. The van der Waals surface area contributed by atoms with E-state index in [4.69, 9.17) is 11.5 Å². The van der Waals surface area contributed by atoms with Crippen molar-refractivity contribution in [2.24, 2.45) is 16.5 Å². The van der Waals surface area contributed by atoms with Gasteiger partial charge in [-0.3, -0.25) is 4.99 Å². The van der Waals surface area contributed by atoms with Gasteiger partial charge in [0.2, 0.25) is 0 Å². The largest absolute Gasteiger partial charge is 0.397 e. The molecule has 13 heavy (non-hydrogen) atoms. The monoisotopic (exact) mass is 180 g/mol. The number of hydrogen-bond donors (Lipinski definition) is 3. The third kappa shape index (κ3) is 4.00. The van der Waals surface area contributed by atoms with E-state index in [9.17, 15) is 0 Å². The minimum absolute atomic E-state index is 0.329. The quantitative estimate of drug-likeness (QED) is 0.425. The van der Waals surface area contributed by atoms with E-state index >= 15 is 0 Å². The fourth-order valence-electron chi connectivity index (χ4n) is 0.708. The molecule has 0 unspecified atom stereocenters. The van der Waals surface area contributed by atoms with E-state index in [0.29, 0.717) is 23.6 Å². The van der Waals surface area contributed by atoms with E-state index < -0.39 is 0 Å². The van der Waals surface area contributed by atoms with Crippen molar-refractivity contribution in [2.75, 3.05) is 6.54 Å². The SMILES string of the molecule is C=CN/C(CN=CC)=C(\N)C(=C)N. The predicted molar refractivity (Wildman–Crippen MR) is 56.9 cm³/mol. The Labute approximate surface area is 78.7 Å². The van der Waals surface area contributed by atoms with Crippen LogP contribution < -0.4 is 16.8 Å². The van der Waals surface area contributed by atoms with Crippen LogP contribution in [0.3, 0.4) is 0 Å². The highest BCUT2D eigenvalue weighted by atomic mass is 14.9. The van der Waals surface area contributed by atoms with E-state index in [0.717, 1.165) is 0 Å². The van der Waals surface area contributed by atoms with E-state index in [1.165, 1.54) is 6.20 Å². The van der Waals surface area contributed by atoms with Crippen LogP contribution in [-0.2, 0) is 0 Å². The molecule has 0 aromatic rings. The van der Waals surface area contributed by atoms with E-state index in [-0.39, 0.29) is 0 Å². The maximum absolute atomic E-state index is 5.66. The van der Waals surface area contributed by atoms with Crippen LogP contribution in [-0.4, -0.2) is 12.8 Å². The van der Waals surface area contributed by atoms with Crippen LogP contribution in [0.4, 0.5) is 0 Å². The van der Waals surface area contributed by atoms with Crippen LogP contribution in [0.1, 0.15) is 6.92 Å². The topological polar surface area (TPSA) is 76.4 Å². The Morgan fingerprint density at radius 3 is 2.54 bits per heavy atom. The van der Waals surface area contributed by atoms with Crippen molar-refractivity contribution in [3.05, 3.63) is 36.4 Å². The molecule has 0 aromatic carbocycles. The van der Waals surface area contributed by atoms with Crippen LogP contribution in [0.5, 0.6) is 0 Å². The third-order valence-electron chi connectivity index (χ3n) is 1.38. The maximum Gasteiger partial charge on any atom is 0.0807 e. The first-order valence-electron chi connectivity index (χ1n) is 3.88. The van der Waals surface area contributed by atoms with Gasteiger partial charge in [-0.15, -0.1) is 0 Å². The molecule has 0 rings (SSSR count). The summed E-state index contributed by atoms with van der Waals surface area (Å²) in [6.45, 7) is 9.34. The number of hydrogen-bond acceptors (Lipinski definition) is 4. The van der Waals surface area contributed by atoms with Crippen molar-refractivity contribution < 1.29 is 0 Å². The molecule has 0 saturated carbocycles. The van der Waals surface area contributed by atoms with Gasteiger partial charge in [0.25, 0.3) is 0 Å². The van der Waals surface area contributed by atoms with Crippen LogP contribution in [0.2, 0.25) is 0 Å². The average Bonchev–Trinajstić information content (AvgIpc) is 2.11. The smallest absolute Gasteiger partial charge is 0.0807 e. The van der Waals surface area contributed by atoms with Crippen LogP contribution in [0.15, 0.2) is 41.4 Å². The van der Waals surface area contributed by atoms with E-state index in [1.807, 2.05) is 6.92 Å². The second kappa shape index (κ2) is 5.88. The molecule has 4 heteroatoms. The molecule has 0 amide bonds. The Morgan fingerprint density at radius 1 is 1.54 bits per heavy atom. The summed E-state index contributed by atoms with van der Waals surface area (Å²) < 4.78 is 0. The summed E-state index contributed by atoms with van der Waals surface area (Å²) in [5.74, 6) is 0. The Morgan fingerprint density at radius 2 is 2.15 bits per heavy atom. The zero-order valence-electron chi connectivity index (χ0n) is 7.88. The van der Waals surface area contributed by atoms with E-state index in [2.05, 4.69) is 23.5 Å². The summed E-state index contributed by atoms with van der Waals surface area (Å²) in [4.78, 5) is 4.02. The summed E-state index contributed by atoms with van der Waals surface area (Å²) in [6, 6.07) is 0. The highest BCUT2D eigenvalue weighted by molar-refractivity contribution is 5.53. The summed E-state index contributed by atoms with van der Waals surface area (Å²) >= 11 is 0. The number of nitrogens with one attached hydrogen (secondary N) is 1. The van der Waals surface area contributed by atoms with Gasteiger partial charge in [-0.25, -0.2) is 0 Å². The lowest BCUT2D eigenvalue weighted by molar-refractivity contribution is 0.939. The molecule has 0 aromatic heterocycles. The maximum atomic E-state index is 5.66. The van der Waals surface area contributed by atoms with Crippen molar-refractivity contribution in [2.45, 2.75) is 6.92 Å². The van der Waals surface area contributed by atoms with Crippen LogP contribution in [0.25, 0.3) is 0 Å². The molecule has 72 valence electrons. The summed E-state index contributed by atoms with van der Waals surface area (Å²) in [5, 5.41) is 2.86. The number of rotatable bonds is 5. The second-order valence-electron chi connectivity index (χ2n) is 2.36. The fourth-order valence-corrected chi connectivity index (χ4v) is 0.708. The van der Waals surface area contributed by atoms with Gasteiger partial charge in [0, 0.05) is 5.70 Å². The normalized spacial score (nSPS) is 12.4. The van der Waals surface area contributed by atoms with Gasteiger partial charge in [0.15, 0.2) is 0 Å². The fraction of sp³-hybridized carbons (Fsp3) is 0.222. The third-order valence-corrected chi connectivity index (χ3v) is 1.38. The highest BCUT2D eigenvalue weighted by Crippen LogP contribution is 2.00. The van der Waals surface area contributed by atoms with Crippen molar-refractivity contribution >= 4 is 6.21 Å². The number of nitrogens with zero attached hydrogens (tertiary/aromatic N) is 1. The van der Waals surface area contributed by atoms with Crippen LogP contribution >= 0.6 is 0 Å². The minimum atomic E-state index is 0.329. The minimum Gasteiger partial charge on any atom is -0.397 e. The predicted octanol–water partition coefficient (Wildman–Crippen LogP) is 0.453. The molecule has 0 aliphatic carbocycles. The van der Waals surface area contributed by atoms with Gasteiger partial charge in [0.05, 0.1) is 17.9 Å². The van der Waals surface area contributed by atoms with Crippen molar-refractivity contribution in [3.8, 4) is 0 Å². The number of aliphatic imine (C=N–C) groups is 1. The van der Waals surface area contributed by atoms with E-state index in [1.54, 1.807) is 6.21 Å². The van der Waals surface area contributed by atoms with Crippen molar-refractivity contribution in [1.82, 2.24) is 5.32 Å². The molecule has 0 heterocycles. The molecular weight excluding hydrogens is 164 g/mol. The molecule has 5 N–H and O–H groups in total.